The Labute approximate surface area is 184 Å². The lowest BCUT2D eigenvalue weighted by atomic mass is 9.93. The maximum Gasteiger partial charge on any atom is 0.416 e. The van der Waals surface area contributed by atoms with Gasteiger partial charge in [-0.3, -0.25) is 4.90 Å². The standard InChI is InChI=1S/C26H20F3NO2/c27-26(28,29)22-13-10-19(11-14-22)12-15-24-23-9-5-4-8-21(23)16-17-30(24)25(31)32-18-20-6-2-1-3-7-20/h1-11,13-14,24H,16-18H2. The molecule has 3 aromatic carbocycles. The maximum absolute atomic E-state index is 12.9. The van der Waals surface area contributed by atoms with Crippen LogP contribution in [0.15, 0.2) is 78.9 Å². The largest absolute Gasteiger partial charge is 0.445 e. The average molecular weight is 435 g/mol. The molecule has 4 rings (SSSR count). The monoisotopic (exact) mass is 435 g/mol. The highest BCUT2D eigenvalue weighted by atomic mass is 19.4. The van der Waals surface area contributed by atoms with Crippen LogP contribution in [0.2, 0.25) is 0 Å². The fourth-order valence-electron chi connectivity index (χ4n) is 3.62. The van der Waals surface area contributed by atoms with Crippen LogP contribution in [0.3, 0.4) is 0 Å². The topological polar surface area (TPSA) is 29.5 Å². The summed E-state index contributed by atoms with van der Waals surface area (Å²) in [5, 5.41) is 0. The zero-order chi connectivity index (χ0) is 22.6. The van der Waals surface area contributed by atoms with E-state index in [1.165, 1.54) is 12.1 Å². The third-order valence-corrected chi connectivity index (χ3v) is 5.29. The second-order valence-electron chi connectivity index (χ2n) is 7.43. The maximum atomic E-state index is 12.9. The molecule has 1 aliphatic heterocycles. The van der Waals surface area contributed by atoms with E-state index < -0.39 is 23.9 Å². The van der Waals surface area contributed by atoms with Crippen LogP contribution in [-0.2, 0) is 23.9 Å². The van der Waals surface area contributed by atoms with Crippen molar-refractivity contribution in [2.24, 2.45) is 0 Å². The van der Waals surface area contributed by atoms with E-state index >= 15 is 0 Å². The second-order valence-corrected chi connectivity index (χ2v) is 7.43. The molecule has 0 saturated carbocycles. The van der Waals surface area contributed by atoms with Gasteiger partial charge in [-0.15, -0.1) is 0 Å². The number of rotatable bonds is 2. The lowest BCUT2D eigenvalue weighted by Crippen LogP contribution is -2.39. The van der Waals surface area contributed by atoms with Crippen LogP contribution in [0.1, 0.15) is 33.9 Å². The van der Waals surface area contributed by atoms with Gasteiger partial charge in [0.2, 0.25) is 0 Å². The van der Waals surface area contributed by atoms with E-state index in [-0.39, 0.29) is 6.61 Å². The number of amides is 1. The molecular weight excluding hydrogens is 415 g/mol. The van der Waals surface area contributed by atoms with Crippen LogP contribution >= 0.6 is 0 Å². The molecule has 0 spiro atoms. The Morgan fingerprint density at radius 2 is 1.66 bits per heavy atom. The molecule has 1 atom stereocenters. The molecule has 1 amide bonds. The van der Waals surface area contributed by atoms with Crippen molar-refractivity contribution < 1.29 is 22.7 Å². The van der Waals surface area contributed by atoms with Crippen molar-refractivity contribution in [1.82, 2.24) is 4.90 Å². The lowest BCUT2D eigenvalue weighted by molar-refractivity contribution is -0.137. The zero-order valence-corrected chi connectivity index (χ0v) is 17.1. The lowest BCUT2D eigenvalue weighted by Gasteiger charge is -2.33. The first-order valence-corrected chi connectivity index (χ1v) is 10.2. The number of halogens is 3. The average Bonchev–Trinajstić information content (AvgIpc) is 2.81. The van der Waals surface area contributed by atoms with Crippen molar-refractivity contribution in [1.29, 1.82) is 0 Å². The highest BCUT2D eigenvalue weighted by molar-refractivity contribution is 5.70. The predicted octanol–water partition coefficient (Wildman–Crippen LogP) is 5.99. The van der Waals surface area contributed by atoms with Gasteiger partial charge in [0.15, 0.2) is 0 Å². The summed E-state index contributed by atoms with van der Waals surface area (Å²) >= 11 is 0. The Hall–Kier alpha value is -3.72. The van der Waals surface area contributed by atoms with Gasteiger partial charge in [-0.25, -0.2) is 4.79 Å². The summed E-state index contributed by atoms with van der Waals surface area (Å²) < 4.78 is 43.9. The Bertz CT molecular complexity index is 1150. The second kappa shape index (κ2) is 9.19. The van der Waals surface area contributed by atoms with Crippen molar-refractivity contribution in [2.75, 3.05) is 6.54 Å². The first kappa shape index (κ1) is 21.5. The molecule has 3 nitrogen and oxygen atoms in total. The minimum atomic E-state index is -4.40. The van der Waals surface area contributed by atoms with Gasteiger partial charge < -0.3 is 4.74 Å². The fourth-order valence-corrected chi connectivity index (χ4v) is 3.62. The van der Waals surface area contributed by atoms with Crippen molar-refractivity contribution in [2.45, 2.75) is 25.2 Å². The first-order valence-electron chi connectivity index (χ1n) is 10.2. The van der Waals surface area contributed by atoms with Crippen molar-refractivity contribution in [3.8, 4) is 11.8 Å². The number of carbonyl (C=O) groups excluding carboxylic acids is 1. The zero-order valence-electron chi connectivity index (χ0n) is 17.1. The van der Waals surface area contributed by atoms with Gasteiger partial charge >= 0.3 is 12.3 Å². The molecular formula is C26H20F3NO2. The van der Waals surface area contributed by atoms with E-state index in [4.69, 9.17) is 4.74 Å². The molecule has 32 heavy (non-hydrogen) atoms. The number of hydrogen-bond acceptors (Lipinski definition) is 2. The quantitative estimate of drug-likeness (QED) is 0.463. The van der Waals surface area contributed by atoms with Crippen LogP contribution in [0.4, 0.5) is 18.0 Å². The summed E-state index contributed by atoms with van der Waals surface area (Å²) in [6.45, 7) is 0.591. The van der Waals surface area contributed by atoms with Crippen LogP contribution < -0.4 is 0 Å². The van der Waals surface area contributed by atoms with Gasteiger partial charge in [0.1, 0.15) is 12.6 Å². The molecule has 3 aromatic rings. The molecule has 0 fully saturated rings. The highest BCUT2D eigenvalue weighted by Gasteiger charge is 2.31. The SMILES string of the molecule is O=C(OCc1ccccc1)N1CCc2ccccc2C1C#Cc1ccc(C(F)(F)F)cc1. The summed E-state index contributed by atoms with van der Waals surface area (Å²) in [5.74, 6) is 6.00. The third-order valence-electron chi connectivity index (χ3n) is 5.29. The number of alkyl halides is 3. The Balaban J connectivity index is 1.57. The van der Waals surface area contributed by atoms with Gasteiger partial charge in [0.25, 0.3) is 0 Å². The van der Waals surface area contributed by atoms with Crippen molar-refractivity contribution in [3.05, 3.63) is 107 Å². The van der Waals surface area contributed by atoms with Gasteiger partial charge in [-0.05, 0) is 47.4 Å². The van der Waals surface area contributed by atoms with Gasteiger partial charge in [-0.1, -0.05) is 66.4 Å². The molecule has 162 valence electrons. The van der Waals surface area contributed by atoms with E-state index in [2.05, 4.69) is 11.8 Å². The summed E-state index contributed by atoms with van der Waals surface area (Å²) in [5.41, 5.74) is 2.59. The normalized spacial score (nSPS) is 15.3. The summed E-state index contributed by atoms with van der Waals surface area (Å²) in [7, 11) is 0. The fraction of sp³-hybridized carbons (Fsp3) is 0.192. The van der Waals surface area contributed by atoms with Crippen LogP contribution in [-0.4, -0.2) is 17.5 Å². The van der Waals surface area contributed by atoms with Gasteiger partial charge in [-0.2, -0.15) is 13.2 Å². The molecule has 0 N–H and O–H groups in total. The number of hydrogen-bond donors (Lipinski definition) is 0. The molecule has 0 saturated heterocycles. The van der Waals surface area contributed by atoms with E-state index in [1.807, 2.05) is 54.6 Å². The Morgan fingerprint density at radius 1 is 0.969 bits per heavy atom. The van der Waals surface area contributed by atoms with Crippen molar-refractivity contribution in [3.63, 3.8) is 0 Å². The van der Waals surface area contributed by atoms with Crippen LogP contribution in [0.25, 0.3) is 0 Å². The number of nitrogens with zero attached hydrogens (tertiary/aromatic N) is 1. The summed E-state index contributed by atoms with van der Waals surface area (Å²) in [4.78, 5) is 14.4. The molecule has 0 bridgehead atoms. The molecule has 1 aliphatic rings. The summed E-state index contributed by atoms with van der Waals surface area (Å²) in [6, 6.07) is 21.2. The van der Waals surface area contributed by atoms with Crippen molar-refractivity contribution >= 4 is 6.09 Å². The van der Waals surface area contributed by atoms with Crippen LogP contribution in [0, 0.1) is 11.8 Å². The van der Waals surface area contributed by atoms with Gasteiger partial charge in [0, 0.05) is 12.1 Å². The number of benzene rings is 3. The Kier molecular flexibility index (Phi) is 6.18. The molecule has 0 aliphatic carbocycles. The number of fused-ring (bicyclic) bond motifs is 1. The smallest absolute Gasteiger partial charge is 0.416 e. The van der Waals surface area contributed by atoms with E-state index in [0.29, 0.717) is 18.5 Å². The minimum absolute atomic E-state index is 0.150. The molecule has 0 radical (unpaired) electrons. The predicted molar refractivity (Wildman–Crippen MR) is 115 cm³/mol. The van der Waals surface area contributed by atoms with E-state index in [1.54, 1.807) is 4.90 Å². The van der Waals surface area contributed by atoms with E-state index in [9.17, 15) is 18.0 Å². The Morgan fingerprint density at radius 3 is 2.38 bits per heavy atom. The summed E-state index contributed by atoms with van der Waals surface area (Å²) in [6.07, 6.45) is -4.20. The molecule has 1 unspecified atom stereocenters. The first-order chi connectivity index (χ1) is 15.4. The number of ether oxygens (including phenoxy) is 1. The van der Waals surface area contributed by atoms with E-state index in [0.717, 1.165) is 28.8 Å². The van der Waals surface area contributed by atoms with Gasteiger partial charge in [0.05, 0.1) is 5.56 Å². The third kappa shape index (κ3) is 4.94. The molecule has 1 heterocycles. The molecule has 0 aromatic heterocycles. The molecule has 6 heteroatoms. The number of carbonyl (C=O) groups is 1. The highest BCUT2D eigenvalue weighted by Crippen LogP contribution is 2.31. The van der Waals surface area contributed by atoms with Crippen LogP contribution in [0.5, 0.6) is 0 Å². The minimum Gasteiger partial charge on any atom is -0.445 e.